The SMILES string of the molecule is COc1ccc(C(=O)Nc2cc(C)ccc2N)c(F)c1. The van der Waals surface area contributed by atoms with Crippen molar-refractivity contribution in [2.24, 2.45) is 0 Å². The van der Waals surface area contributed by atoms with Gasteiger partial charge in [-0.2, -0.15) is 0 Å². The van der Waals surface area contributed by atoms with Gasteiger partial charge in [-0.25, -0.2) is 4.39 Å². The average molecular weight is 274 g/mol. The van der Waals surface area contributed by atoms with Gasteiger partial charge in [0.2, 0.25) is 0 Å². The maximum absolute atomic E-state index is 13.8. The van der Waals surface area contributed by atoms with Crippen molar-refractivity contribution in [1.29, 1.82) is 0 Å². The Bertz CT molecular complexity index is 656. The van der Waals surface area contributed by atoms with Gasteiger partial charge in [-0.05, 0) is 36.8 Å². The molecule has 0 aliphatic heterocycles. The third kappa shape index (κ3) is 2.88. The molecule has 2 aromatic carbocycles. The number of nitrogen functional groups attached to an aromatic ring is 1. The minimum atomic E-state index is -0.645. The van der Waals surface area contributed by atoms with Crippen LogP contribution in [-0.4, -0.2) is 13.0 Å². The van der Waals surface area contributed by atoms with E-state index in [1.54, 1.807) is 12.1 Å². The number of hydrogen-bond donors (Lipinski definition) is 2. The maximum atomic E-state index is 13.8. The van der Waals surface area contributed by atoms with E-state index < -0.39 is 11.7 Å². The smallest absolute Gasteiger partial charge is 0.258 e. The van der Waals surface area contributed by atoms with Crippen molar-refractivity contribution in [3.8, 4) is 5.75 Å². The number of ether oxygens (including phenoxy) is 1. The first-order valence-corrected chi connectivity index (χ1v) is 6.02. The summed E-state index contributed by atoms with van der Waals surface area (Å²) in [5.74, 6) is -0.843. The Morgan fingerprint density at radius 3 is 2.65 bits per heavy atom. The van der Waals surface area contributed by atoms with Gasteiger partial charge >= 0.3 is 0 Å². The molecular weight excluding hydrogens is 259 g/mol. The molecule has 3 N–H and O–H groups in total. The zero-order valence-electron chi connectivity index (χ0n) is 11.2. The zero-order chi connectivity index (χ0) is 14.7. The predicted octanol–water partition coefficient (Wildman–Crippen LogP) is 2.98. The standard InChI is InChI=1S/C15H15FN2O2/c1-9-3-6-13(17)14(7-9)18-15(19)11-5-4-10(20-2)8-12(11)16/h3-8H,17H2,1-2H3,(H,18,19). The lowest BCUT2D eigenvalue weighted by atomic mass is 10.1. The first-order valence-electron chi connectivity index (χ1n) is 6.02. The zero-order valence-corrected chi connectivity index (χ0v) is 11.2. The molecule has 20 heavy (non-hydrogen) atoms. The summed E-state index contributed by atoms with van der Waals surface area (Å²) in [7, 11) is 1.43. The van der Waals surface area contributed by atoms with Gasteiger partial charge in [0.1, 0.15) is 11.6 Å². The first kappa shape index (κ1) is 13.9. The monoisotopic (exact) mass is 274 g/mol. The van der Waals surface area contributed by atoms with Crippen LogP contribution < -0.4 is 15.8 Å². The van der Waals surface area contributed by atoms with E-state index >= 15 is 0 Å². The second-order valence-electron chi connectivity index (χ2n) is 4.39. The largest absolute Gasteiger partial charge is 0.497 e. The highest BCUT2D eigenvalue weighted by Gasteiger charge is 2.14. The first-order chi connectivity index (χ1) is 9.51. The van der Waals surface area contributed by atoms with Crippen LogP contribution in [-0.2, 0) is 0 Å². The molecule has 5 heteroatoms. The highest BCUT2D eigenvalue weighted by molar-refractivity contribution is 6.06. The normalized spacial score (nSPS) is 10.2. The van der Waals surface area contributed by atoms with Crippen LogP contribution in [0.4, 0.5) is 15.8 Å². The van der Waals surface area contributed by atoms with Gasteiger partial charge in [-0.3, -0.25) is 4.79 Å². The number of amides is 1. The van der Waals surface area contributed by atoms with Crippen molar-refractivity contribution in [2.75, 3.05) is 18.2 Å². The molecule has 0 bridgehead atoms. The quantitative estimate of drug-likeness (QED) is 0.846. The number of methoxy groups -OCH3 is 1. The highest BCUT2D eigenvalue weighted by Crippen LogP contribution is 2.22. The van der Waals surface area contributed by atoms with Crippen LogP contribution >= 0.6 is 0 Å². The Morgan fingerprint density at radius 1 is 1.25 bits per heavy atom. The number of anilines is 2. The van der Waals surface area contributed by atoms with Crippen LogP contribution in [0.1, 0.15) is 15.9 Å². The fourth-order valence-corrected chi connectivity index (χ4v) is 1.77. The minimum Gasteiger partial charge on any atom is -0.497 e. The lowest BCUT2D eigenvalue weighted by molar-refractivity contribution is 0.102. The molecule has 1 amide bonds. The number of rotatable bonds is 3. The van der Waals surface area contributed by atoms with Gasteiger partial charge < -0.3 is 15.8 Å². The van der Waals surface area contributed by atoms with E-state index in [2.05, 4.69) is 5.32 Å². The van der Waals surface area contributed by atoms with E-state index in [0.717, 1.165) is 11.6 Å². The summed E-state index contributed by atoms with van der Waals surface area (Å²) < 4.78 is 18.7. The number of hydrogen-bond acceptors (Lipinski definition) is 3. The van der Waals surface area contributed by atoms with Crippen molar-refractivity contribution >= 4 is 17.3 Å². The Balaban J connectivity index is 2.26. The van der Waals surface area contributed by atoms with Crippen molar-refractivity contribution < 1.29 is 13.9 Å². The van der Waals surface area contributed by atoms with Crippen LogP contribution in [0.15, 0.2) is 36.4 Å². The van der Waals surface area contributed by atoms with Gasteiger partial charge in [-0.15, -0.1) is 0 Å². The van der Waals surface area contributed by atoms with Crippen molar-refractivity contribution in [2.45, 2.75) is 6.92 Å². The van der Waals surface area contributed by atoms with E-state index in [1.807, 2.05) is 13.0 Å². The molecule has 0 unspecified atom stereocenters. The van der Waals surface area contributed by atoms with E-state index in [-0.39, 0.29) is 5.56 Å². The van der Waals surface area contributed by atoms with Crippen molar-refractivity contribution in [3.63, 3.8) is 0 Å². The molecule has 4 nitrogen and oxygen atoms in total. The fraction of sp³-hybridized carbons (Fsp3) is 0.133. The Hall–Kier alpha value is -2.56. The van der Waals surface area contributed by atoms with Crippen LogP contribution in [0.25, 0.3) is 0 Å². The molecule has 0 atom stereocenters. The number of carbonyl (C=O) groups excluding carboxylic acids is 1. The highest BCUT2D eigenvalue weighted by atomic mass is 19.1. The third-order valence-corrected chi connectivity index (χ3v) is 2.88. The number of nitrogens with two attached hydrogens (primary N) is 1. The second kappa shape index (κ2) is 5.61. The van der Waals surface area contributed by atoms with Crippen LogP contribution in [0.2, 0.25) is 0 Å². The van der Waals surface area contributed by atoms with Gasteiger partial charge in [0, 0.05) is 6.07 Å². The summed E-state index contributed by atoms with van der Waals surface area (Å²) in [6.07, 6.45) is 0. The Labute approximate surface area is 116 Å². The maximum Gasteiger partial charge on any atom is 0.258 e. The molecular formula is C15H15FN2O2. The average Bonchev–Trinajstić information content (AvgIpc) is 2.42. The van der Waals surface area contributed by atoms with E-state index in [1.165, 1.54) is 19.2 Å². The lowest BCUT2D eigenvalue weighted by Gasteiger charge is -2.10. The van der Waals surface area contributed by atoms with Crippen LogP contribution in [0.5, 0.6) is 5.75 Å². The van der Waals surface area contributed by atoms with Crippen LogP contribution in [0, 0.1) is 12.7 Å². The Morgan fingerprint density at radius 2 is 2.00 bits per heavy atom. The summed E-state index contributed by atoms with van der Waals surface area (Å²) in [5.41, 5.74) is 7.55. The Kier molecular flexibility index (Phi) is 3.89. The lowest BCUT2D eigenvalue weighted by Crippen LogP contribution is -2.15. The molecule has 2 aromatic rings. The fourth-order valence-electron chi connectivity index (χ4n) is 1.77. The summed E-state index contributed by atoms with van der Waals surface area (Å²) in [5, 5.41) is 2.60. The van der Waals surface area contributed by atoms with E-state index in [9.17, 15) is 9.18 Å². The summed E-state index contributed by atoms with van der Waals surface area (Å²) >= 11 is 0. The molecule has 0 spiro atoms. The van der Waals surface area contributed by atoms with Gasteiger partial charge in [0.05, 0.1) is 24.0 Å². The molecule has 0 aliphatic carbocycles. The summed E-state index contributed by atoms with van der Waals surface area (Å²) in [4.78, 5) is 12.1. The topological polar surface area (TPSA) is 64.3 Å². The minimum absolute atomic E-state index is 0.0632. The molecule has 104 valence electrons. The number of aryl methyl sites for hydroxylation is 1. The molecule has 0 fully saturated rings. The summed E-state index contributed by atoms with van der Waals surface area (Å²) in [6.45, 7) is 1.88. The molecule has 0 radical (unpaired) electrons. The van der Waals surface area contributed by atoms with E-state index in [0.29, 0.717) is 17.1 Å². The molecule has 2 rings (SSSR count). The summed E-state index contributed by atoms with van der Waals surface area (Å²) in [6, 6.07) is 9.31. The van der Waals surface area contributed by atoms with Crippen molar-refractivity contribution in [3.05, 3.63) is 53.3 Å². The molecule has 0 heterocycles. The van der Waals surface area contributed by atoms with Crippen molar-refractivity contribution in [1.82, 2.24) is 0 Å². The second-order valence-corrected chi connectivity index (χ2v) is 4.39. The predicted molar refractivity (Wildman–Crippen MR) is 76.5 cm³/mol. The molecule has 0 saturated carbocycles. The third-order valence-electron chi connectivity index (χ3n) is 2.88. The van der Waals surface area contributed by atoms with E-state index in [4.69, 9.17) is 10.5 Å². The number of halogens is 1. The van der Waals surface area contributed by atoms with Gasteiger partial charge in [0.15, 0.2) is 0 Å². The van der Waals surface area contributed by atoms with Crippen LogP contribution in [0.3, 0.4) is 0 Å². The number of benzene rings is 2. The van der Waals surface area contributed by atoms with Gasteiger partial charge in [-0.1, -0.05) is 6.07 Å². The van der Waals surface area contributed by atoms with Gasteiger partial charge in [0.25, 0.3) is 5.91 Å². The molecule has 0 aliphatic rings. The molecule has 0 saturated heterocycles. The number of carbonyl (C=O) groups is 1. The number of nitrogens with one attached hydrogen (secondary N) is 1. The molecule has 0 aromatic heterocycles.